The summed E-state index contributed by atoms with van der Waals surface area (Å²) in [5, 5.41) is 2.52. The number of rotatable bonds is 2. The van der Waals surface area contributed by atoms with E-state index in [4.69, 9.17) is 0 Å². The van der Waals surface area contributed by atoms with Gasteiger partial charge < -0.3 is 10.2 Å². The number of thioether (sulfide) groups is 1. The van der Waals surface area contributed by atoms with Gasteiger partial charge in [0.2, 0.25) is 11.8 Å². The van der Waals surface area contributed by atoms with Crippen LogP contribution in [0.2, 0.25) is 0 Å². The average Bonchev–Trinajstić information content (AvgIpc) is 2.82. The summed E-state index contributed by atoms with van der Waals surface area (Å²) in [6, 6.07) is 3.06. The van der Waals surface area contributed by atoms with Crippen LogP contribution in [-0.4, -0.2) is 41.6 Å². The summed E-state index contributed by atoms with van der Waals surface area (Å²) >= 11 is 1.54. The second-order valence-electron chi connectivity index (χ2n) is 5.80. The van der Waals surface area contributed by atoms with Gasteiger partial charge in [-0.05, 0) is 31.0 Å². The van der Waals surface area contributed by atoms with E-state index in [1.54, 1.807) is 4.90 Å². The third kappa shape index (κ3) is 3.65. The number of hydrogen-bond acceptors (Lipinski definition) is 3. The summed E-state index contributed by atoms with van der Waals surface area (Å²) in [7, 11) is 0. The maximum absolute atomic E-state index is 13.9. The van der Waals surface area contributed by atoms with Gasteiger partial charge in [-0.15, -0.1) is 0 Å². The summed E-state index contributed by atoms with van der Waals surface area (Å²) in [5.74, 6) is -0.365. The first-order valence-corrected chi connectivity index (χ1v) is 8.74. The van der Waals surface area contributed by atoms with E-state index in [9.17, 15) is 18.4 Å². The lowest BCUT2D eigenvalue weighted by molar-refractivity contribution is -0.134. The highest BCUT2D eigenvalue weighted by atomic mass is 32.2. The molecule has 4 nitrogen and oxygen atoms in total. The molecule has 2 unspecified atom stereocenters. The molecule has 2 amide bonds. The number of halogens is 2. The highest BCUT2D eigenvalue weighted by Crippen LogP contribution is 2.36. The standard InChI is InChI=1S/C16H18F2N2O2S/c17-10-1-2-12(18)11(9-10)14-5-6-20(7-8-23-14)16(22)13-3-4-15(21)19-13/h1-2,9,13-14H,3-8H2,(H,19,21). The summed E-state index contributed by atoms with van der Waals surface area (Å²) in [6.45, 7) is 1.04. The molecule has 2 aliphatic rings. The zero-order chi connectivity index (χ0) is 16.4. The number of benzene rings is 1. The van der Waals surface area contributed by atoms with E-state index in [0.29, 0.717) is 43.7 Å². The second-order valence-corrected chi connectivity index (χ2v) is 7.11. The minimum absolute atomic E-state index is 0.0724. The molecule has 23 heavy (non-hydrogen) atoms. The lowest BCUT2D eigenvalue weighted by Crippen LogP contribution is -2.45. The van der Waals surface area contributed by atoms with E-state index in [1.807, 2.05) is 0 Å². The van der Waals surface area contributed by atoms with Gasteiger partial charge in [0.25, 0.3) is 0 Å². The van der Waals surface area contributed by atoms with Crippen LogP contribution in [0.1, 0.15) is 30.1 Å². The Kier molecular flexibility index (Phi) is 4.84. The van der Waals surface area contributed by atoms with Crippen LogP contribution in [0, 0.1) is 11.6 Å². The number of nitrogens with zero attached hydrogens (tertiary/aromatic N) is 1. The van der Waals surface area contributed by atoms with Crippen molar-refractivity contribution in [3.63, 3.8) is 0 Å². The molecule has 1 aromatic rings. The zero-order valence-electron chi connectivity index (χ0n) is 12.6. The molecule has 3 rings (SSSR count). The first kappa shape index (κ1) is 16.2. The summed E-state index contributed by atoms with van der Waals surface area (Å²) in [5.41, 5.74) is 0.360. The van der Waals surface area contributed by atoms with E-state index in [0.717, 1.165) is 12.1 Å². The molecule has 1 aromatic carbocycles. The molecule has 1 N–H and O–H groups in total. The molecule has 2 saturated heterocycles. The Labute approximate surface area is 137 Å². The Morgan fingerprint density at radius 1 is 1.26 bits per heavy atom. The fraction of sp³-hybridized carbons (Fsp3) is 0.500. The minimum Gasteiger partial charge on any atom is -0.344 e. The molecule has 0 bridgehead atoms. The number of hydrogen-bond donors (Lipinski definition) is 1. The van der Waals surface area contributed by atoms with Crippen LogP contribution in [0.5, 0.6) is 0 Å². The van der Waals surface area contributed by atoms with Gasteiger partial charge in [0, 0.05) is 36.1 Å². The first-order chi connectivity index (χ1) is 11.0. The first-order valence-electron chi connectivity index (χ1n) is 7.69. The molecule has 2 fully saturated rings. The Bertz CT molecular complexity index is 626. The molecule has 0 aromatic heterocycles. The van der Waals surface area contributed by atoms with Crippen molar-refractivity contribution in [3.8, 4) is 0 Å². The quantitative estimate of drug-likeness (QED) is 0.898. The fourth-order valence-electron chi connectivity index (χ4n) is 3.02. The fourth-order valence-corrected chi connectivity index (χ4v) is 4.26. The smallest absolute Gasteiger partial charge is 0.245 e. The van der Waals surface area contributed by atoms with E-state index in [2.05, 4.69) is 5.32 Å². The third-order valence-corrected chi connectivity index (χ3v) is 5.56. The number of nitrogens with one attached hydrogen (secondary N) is 1. The van der Waals surface area contributed by atoms with Crippen molar-refractivity contribution in [2.24, 2.45) is 0 Å². The summed E-state index contributed by atoms with van der Waals surface area (Å²) in [4.78, 5) is 25.4. The maximum atomic E-state index is 13.9. The van der Waals surface area contributed by atoms with Crippen LogP contribution in [0.25, 0.3) is 0 Å². The van der Waals surface area contributed by atoms with Gasteiger partial charge in [-0.1, -0.05) is 0 Å². The van der Waals surface area contributed by atoms with Gasteiger partial charge in [-0.25, -0.2) is 8.78 Å². The van der Waals surface area contributed by atoms with Crippen molar-refractivity contribution in [3.05, 3.63) is 35.4 Å². The van der Waals surface area contributed by atoms with Gasteiger partial charge in [0.05, 0.1) is 0 Å². The monoisotopic (exact) mass is 340 g/mol. The molecule has 2 aliphatic heterocycles. The zero-order valence-corrected chi connectivity index (χ0v) is 13.4. The van der Waals surface area contributed by atoms with Crippen molar-refractivity contribution in [2.45, 2.75) is 30.6 Å². The highest BCUT2D eigenvalue weighted by Gasteiger charge is 2.32. The summed E-state index contributed by atoms with van der Waals surface area (Å²) < 4.78 is 27.3. The molecule has 2 heterocycles. The third-order valence-electron chi connectivity index (χ3n) is 4.25. The normalized spacial score (nSPS) is 25.1. The van der Waals surface area contributed by atoms with Crippen LogP contribution in [0.15, 0.2) is 18.2 Å². The lowest BCUT2D eigenvalue weighted by atomic mass is 10.1. The molecular weight excluding hydrogens is 322 g/mol. The number of carbonyl (C=O) groups excluding carboxylic acids is 2. The van der Waals surface area contributed by atoms with Gasteiger partial charge in [-0.3, -0.25) is 9.59 Å². The minimum atomic E-state index is -0.451. The second kappa shape index (κ2) is 6.86. The van der Waals surface area contributed by atoms with Gasteiger partial charge in [-0.2, -0.15) is 11.8 Å². The van der Waals surface area contributed by atoms with Crippen molar-refractivity contribution in [2.75, 3.05) is 18.8 Å². The van der Waals surface area contributed by atoms with Gasteiger partial charge in [0.1, 0.15) is 17.7 Å². The van der Waals surface area contributed by atoms with E-state index in [1.165, 1.54) is 17.8 Å². The molecule has 124 valence electrons. The van der Waals surface area contributed by atoms with Crippen LogP contribution < -0.4 is 5.32 Å². The molecule has 0 aliphatic carbocycles. The number of carbonyl (C=O) groups is 2. The Morgan fingerprint density at radius 3 is 2.83 bits per heavy atom. The van der Waals surface area contributed by atoms with E-state index < -0.39 is 17.7 Å². The molecule has 2 atom stereocenters. The Morgan fingerprint density at radius 2 is 2.09 bits per heavy atom. The predicted octanol–water partition coefficient (Wildman–Crippen LogP) is 2.25. The van der Waals surface area contributed by atoms with Crippen molar-refractivity contribution in [1.29, 1.82) is 0 Å². The molecule has 0 saturated carbocycles. The van der Waals surface area contributed by atoms with E-state index >= 15 is 0 Å². The topological polar surface area (TPSA) is 49.4 Å². The van der Waals surface area contributed by atoms with Crippen LogP contribution in [-0.2, 0) is 9.59 Å². The van der Waals surface area contributed by atoms with Gasteiger partial charge in [0.15, 0.2) is 0 Å². The van der Waals surface area contributed by atoms with Gasteiger partial charge >= 0.3 is 0 Å². The predicted molar refractivity (Wildman–Crippen MR) is 83.9 cm³/mol. The molecule has 0 radical (unpaired) electrons. The average molecular weight is 340 g/mol. The molecule has 7 heteroatoms. The van der Waals surface area contributed by atoms with Crippen LogP contribution in [0.4, 0.5) is 8.78 Å². The van der Waals surface area contributed by atoms with Crippen LogP contribution in [0.3, 0.4) is 0 Å². The molecular formula is C16H18F2N2O2S. The number of amides is 2. The highest BCUT2D eigenvalue weighted by molar-refractivity contribution is 7.99. The summed E-state index contributed by atoms with van der Waals surface area (Å²) in [6.07, 6.45) is 1.48. The van der Waals surface area contributed by atoms with Crippen molar-refractivity contribution >= 4 is 23.6 Å². The molecule has 0 spiro atoms. The lowest BCUT2D eigenvalue weighted by Gasteiger charge is -2.23. The Hall–Kier alpha value is -1.63. The Balaban J connectivity index is 1.66. The van der Waals surface area contributed by atoms with Crippen molar-refractivity contribution in [1.82, 2.24) is 10.2 Å². The largest absolute Gasteiger partial charge is 0.344 e. The van der Waals surface area contributed by atoms with E-state index in [-0.39, 0.29) is 17.1 Å². The SMILES string of the molecule is O=C1CCC(C(=O)N2CCSC(c3cc(F)ccc3F)CC2)N1. The van der Waals surface area contributed by atoms with Crippen molar-refractivity contribution < 1.29 is 18.4 Å². The maximum Gasteiger partial charge on any atom is 0.245 e. The van der Waals surface area contributed by atoms with Crippen LogP contribution >= 0.6 is 11.8 Å².